The molecule has 2 heterocycles. The Morgan fingerprint density at radius 1 is 1.25 bits per heavy atom. The van der Waals surface area contributed by atoms with Gasteiger partial charge in [-0.25, -0.2) is 4.79 Å². The quantitative estimate of drug-likeness (QED) is 0.847. The first kappa shape index (κ1) is 13.0. The summed E-state index contributed by atoms with van der Waals surface area (Å²) in [6, 6.07) is 8.14. The smallest absolute Gasteiger partial charge is 0.321 e. The molecule has 0 unspecified atom stereocenters. The van der Waals surface area contributed by atoms with Gasteiger partial charge in [-0.15, -0.1) is 0 Å². The number of nitrogens with zero attached hydrogens (tertiary/aromatic N) is 2. The zero-order chi connectivity index (χ0) is 14.1. The number of piperidine rings is 1. The van der Waals surface area contributed by atoms with Crippen molar-refractivity contribution in [2.24, 2.45) is 13.0 Å². The largest absolute Gasteiger partial charge is 0.348 e. The minimum absolute atomic E-state index is 0.0215. The number of aryl methyl sites for hydroxylation is 1. The predicted octanol–water partition coefficient (Wildman–Crippen LogP) is 3.44. The van der Waals surface area contributed by atoms with Crippen LogP contribution in [0.5, 0.6) is 0 Å². The van der Waals surface area contributed by atoms with Gasteiger partial charge in [0.15, 0.2) is 0 Å². The molecule has 2 aromatic rings. The second-order valence-corrected chi connectivity index (χ2v) is 5.77. The number of carbonyl (C=O) groups excluding carboxylic acids is 1. The van der Waals surface area contributed by atoms with Gasteiger partial charge in [0.25, 0.3) is 0 Å². The lowest BCUT2D eigenvalue weighted by Gasteiger charge is -2.30. The average Bonchev–Trinajstić information content (AvgIpc) is 2.77. The normalized spacial score (nSPS) is 16.6. The Balaban J connectivity index is 1.78. The molecule has 3 rings (SSSR count). The Bertz CT molecular complexity index is 624. The number of rotatable bonds is 1. The molecule has 0 radical (unpaired) electrons. The standard InChI is InChI=1S/C16H21N3O/c1-12-7-9-19(10-8-12)16(20)17-14-11-18(2)15-6-4-3-5-13(14)15/h3-6,11-12H,7-10H2,1-2H3,(H,17,20). The van der Waals surface area contributed by atoms with E-state index in [1.807, 2.05) is 40.9 Å². The van der Waals surface area contributed by atoms with Crippen molar-refractivity contribution in [3.8, 4) is 0 Å². The number of amides is 2. The Labute approximate surface area is 119 Å². The Morgan fingerprint density at radius 3 is 2.70 bits per heavy atom. The molecular weight excluding hydrogens is 250 g/mol. The van der Waals surface area contributed by atoms with E-state index < -0.39 is 0 Å². The van der Waals surface area contributed by atoms with E-state index in [0.29, 0.717) is 0 Å². The van der Waals surface area contributed by atoms with Crippen LogP contribution >= 0.6 is 0 Å². The molecule has 106 valence electrons. The summed E-state index contributed by atoms with van der Waals surface area (Å²) >= 11 is 0. The van der Waals surface area contributed by atoms with Crippen molar-refractivity contribution in [1.29, 1.82) is 0 Å². The highest BCUT2D eigenvalue weighted by Crippen LogP contribution is 2.25. The van der Waals surface area contributed by atoms with Crippen molar-refractivity contribution in [3.05, 3.63) is 30.5 Å². The third-order valence-electron chi connectivity index (χ3n) is 4.21. The molecule has 4 nitrogen and oxygen atoms in total. The molecule has 1 aliphatic rings. The van der Waals surface area contributed by atoms with Crippen LogP contribution in [-0.4, -0.2) is 28.6 Å². The number of aromatic nitrogens is 1. The highest BCUT2D eigenvalue weighted by molar-refractivity contribution is 6.01. The predicted molar refractivity (Wildman–Crippen MR) is 81.9 cm³/mol. The lowest BCUT2D eigenvalue weighted by atomic mass is 10.00. The maximum atomic E-state index is 12.3. The van der Waals surface area contributed by atoms with Crippen LogP contribution in [0.25, 0.3) is 10.9 Å². The number of likely N-dealkylation sites (tertiary alicyclic amines) is 1. The second-order valence-electron chi connectivity index (χ2n) is 5.77. The number of hydrogen-bond donors (Lipinski definition) is 1. The summed E-state index contributed by atoms with van der Waals surface area (Å²) < 4.78 is 2.04. The van der Waals surface area contributed by atoms with Crippen molar-refractivity contribution in [2.45, 2.75) is 19.8 Å². The number of anilines is 1. The van der Waals surface area contributed by atoms with Gasteiger partial charge in [-0.2, -0.15) is 0 Å². The minimum atomic E-state index is 0.0215. The van der Waals surface area contributed by atoms with Gasteiger partial charge >= 0.3 is 6.03 Å². The third-order valence-corrected chi connectivity index (χ3v) is 4.21. The van der Waals surface area contributed by atoms with Crippen LogP contribution in [0.15, 0.2) is 30.5 Å². The van der Waals surface area contributed by atoms with Crippen LogP contribution in [0.4, 0.5) is 10.5 Å². The summed E-state index contributed by atoms with van der Waals surface area (Å²) in [7, 11) is 2.00. The fourth-order valence-electron chi connectivity index (χ4n) is 2.85. The van der Waals surface area contributed by atoms with Gasteiger partial charge in [0.05, 0.1) is 5.69 Å². The van der Waals surface area contributed by atoms with E-state index in [4.69, 9.17) is 0 Å². The van der Waals surface area contributed by atoms with Crippen LogP contribution in [-0.2, 0) is 7.05 Å². The molecule has 4 heteroatoms. The van der Waals surface area contributed by atoms with Crippen molar-refractivity contribution >= 4 is 22.6 Å². The van der Waals surface area contributed by atoms with Gasteiger partial charge in [0, 0.05) is 37.2 Å². The zero-order valence-electron chi connectivity index (χ0n) is 12.1. The first-order chi connectivity index (χ1) is 9.65. The van der Waals surface area contributed by atoms with E-state index >= 15 is 0 Å². The van der Waals surface area contributed by atoms with E-state index in [9.17, 15) is 4.79 Å². The van der Waals surface area contributed by atoms with Crippen molar-refractivity contribution in [3.63, 3.8) is 0 Å². The maximum absolute atomic E-state index is 12.3. The highest BCUT2D eigenvalue weighted by Gasteiger charge is 2.21. The molecule has 0 saturated carbocycles. The van der Waals surface area contributed by atoms with E-state index in [1.165, 1.54) is 0 Å². The molecule has 0 spiro atoms. The highest BCUT2D eigenvalue weighted by atomic mass is 16.2. The molecule has 20 heavy (non-hydrogen) atoms. The van der Waals surface area contributed by atoms with Gasteiger partial charge in [0.1, 0.15) is 0 Å². The van der Waals surface area contributed by atoms with Gasteiger partial charge < -0.3 is 14.8 Å². The van der Waals surface area contributed by atoms with Gasteiger partial charge in [-0.1, -0.05) is 25.1 Å². The Hall–Kier alpha value is -1.97. The molecule has 1 N–H and O–H groups in total. The van der Waals surface area contributed by atoms with E-state index in [1.54, 1.807) is 0 Å². The topological polar surface area (TPSA) is 37.3 Å². The van der Waals surface area contributed by atoms with E-state index in [0.717, 1.165) is 48.4 Å². The number of benzene rings is 1. The second kappa shape index (κ2) is 5.19. The minimum Gasteiger partial charge on any atom is -0.348 e. The SMILES string of the molecule is CC1CCN(C(=O)Nc2cn(C)c3ccccc23)CC1. The van der Waals surface area contributed by atoms with Crippen molar-refractivity contribution in [1.82, 2.24) is 9.47 Å². The van der Waals surface area contributed by atoms with Crippen molar-refractivity contribution in [2.75, 3.05) is 18.4 Å². The molecule has 2 amide bonds. The van der Waals surface area contributed by atoms with Gasteiger partial charge in [-0.05, 0) is 24.8 Å². The molecule has 0 atom stereocenters. The molecular formula is C16H21N3O. The summed E-state index contributed by atoms with van der Waals surface area (Å²) in [5.74, 6) is 0.733. The number of carbonyl (C=O) groups is 1. The average molecular weight is 271 g/mol. The number of hydrogen-bond acceptors (Lipinski definition) is 1. The van der Waals surface area contributed by atoms with Crippen LogP contribution in [0, 0.1) is 5.92 Å². The summed E-state index contributed by atoms with van der Waals surface area (Å²) in [5.41, 5.74) is 2.03. The summed E-state index contributed by atoms with van der Waals surface area (Å²) in [4.78, 5) is 14.3. The Morgan fingerprint density at radius 2 is 1.95 bits per heavy atom. The van der Waals surface area contributed by atoms with Crippen LogP contribution < -0.4 is 5.32 Å². The molecule has 1 saturated heterocycles. The molecule has 1 aromatic carbocycles. The van der Waals surface area contributed by atoms with E-state index in [2.05, 4.69) is 18.3 Å². The molecule has 1 aliphatic heterocycles. The van der Waals surface area contributed by atoms with Crippen LogP contribution in [0.1, 0.15) is 19.8 Å². The van der Waals surface area contributed by atoms with Gasteiger partial charge in [0.2, 0.25) is 0 Å². The molecule has 1 fully saturated rings. The number of urea groups is 1. The molecule has 0 bridgehead atoms. The fraction of sp³-hybridized carbons (Fsp3) is 0.438. The van der Waals surface area contributed by atoms with Crippen molar-refractivity contribution < 1.29 is 4.79 Å². The molecule has 0 aliphatic carbocycles. The zero-order valence-corrected chi connectivity index (χ0v) is 12.1. The summed E-state index contributed by atoms with van der Waals surface area (Å²) in [5, 5.41) is 4.15. The fourth-order valence-corrected chi connectivity index (χ4v) is 2.85. The number of fused-ring (bicyclic) bond motifs is 1. The maximum Gasteiger partial charge on any atom is 0.321 e. The van der Waals surface area contributed by atoms with Gasteiger partial charge in [-0.3, -0.25) is 0 Å². The Kier molecular flexibility index (Phi) is 3.38. The first-order valence-corrected chi connectivity index (χ1v) is 7.25. The lowest BCUT2D eigenvalue weighted by molar-refractivity contribution is 0.186. The van der Waals surface area contributed by atoms with Crippen LogP contribution in [0.2, 0.25) is 0 Å². The van der Waals surface area contributed by atoms with E-state index in [-0.39, 0.29) is 6.03 Å². The first-order valence-electron chi connectivity index (χ1n) is 7.25. The van der Waals surface area contributed by atoms with Crippen LogP contribution in [0.3, 0.4) is 0 Å². The molecule has 1 aromatic heterocycles. The summed E-state index contributed by atoms with van der Waals surface area (Å²) in [6.45, 7) is 3.97. The number of para-hydroxylation sites is 1. The summed E-state index contributed by atoms with van der Waals surface area (Å²) in [6.07, 6.45) is 4.18. The number of nitrogens with one attached hydrogen (secondary N) is 1. The monoisotopic (exact) mass is 271 g/mol. The lowest BCUT2D eigenvalue weighted by Crippen LogP contribution is -2.40. The third kappa shape index (κ3) is 2.38.